The summed E-state index contributed by atoms with van der Waals surface area (Å²) in [5.74, 6) is -0.593. The van der Waals surface area contributed by atoms with Crippen LogP contribution in [0.5, 0.6) is 0 Å². The van der Waals surface area contributed by atoms with E-state index in [-0.39, 0.29) is 62.0 Å². The lowest BCUT2D eigenvalue weighted by Gasteiger charge is -2.21. The van der Waals surface area contributed by atoms with E-state index in [0.29, 0.717) is 0 Å². The van der Waals surface area contributed by atoms with Crippen molar-refractivity contribution in [3.8, 4) is 0 Å². The molecule has 0 unspecified atom stereocenters. The molecule has 0 aromatic heterocycles. The number of hydrogen-bond donors (Lipinski definition) is 0. The third kappa shape index (κ3) is 7.27. The quantitative estimate of drug-likeness (QED) is 0.567. The van der Waals surface area contributed by atoms with Gasteiger partial charge in [0.25, 0.3) is 0 Å². The standard InChI is InChI=1S/C18H28O6/c1-13-7-5-9-17(19)24-12-16(22-4)14(2)8-6-10-18(20)23-11-15(13)21-3/h5-8,13-16H,9-12H2,1-4H3/b7-5-,8-6-/t13-,14-,15-,16-/m0/s1. The zero-order valence-electron chi connectivity index (χ0n) is 14.9. The van der Waals surface area contributed by atoms with Crippen LogP contribution in [-0.2, 0) is 28.5 Å². The van der Waals surface area contributed by atoms with Crippen molar-refractivity contribution >= 4 is 11.9 Å². The molecule has 0 amide bonds. The smallest absolute Gasteiger partial charge is 0.309 e. The second-order valence-corrected chi connectivity index (χ2v) is 5.90. The van der Waals surface area contributed by atoms with E-state index in [2.05, 4.69) is 0 Å². The van der Waals surface area contributed by atoms with Crippen LogP contribution in [0.15, 0.2) is 24.3 Å². The number of hydrogen-bond acceptors (Lipinski definition) is 6. The molecular formula is C18H28O6. The minimum absolute atomic E-state index is 0.00536. The first-order valence-corrected chi connectivity index (χ1v) is 8.18. The zero-order chi connectivity index (χ0) is 17.9. The maximum Gasteiger partial charge on any atom is 0.309 e. The molecule has 0 saturated heterocycles. The average Bonchev–Trinajstić information content (AvgIpc) is 2.55. The maximum atomic E-state index is 11.8. The van der Waals surface area contributed by atoms with E-state index in [1.165, 1.54) is 0 Å². The molecule has 1 heterocycles. The van der Waals surface area contributed by atoms with Crippen molar-refractivity contribution in [2.45, 2.75) is 38.9 Å². The van der Waals surface area contributed by atoms with Gasteiger partial charge in [-0.15, -0.1) is 0 Å². The van der Waals surface area contributed by atoms with Crippen molar-refractivity contribution in [2.24, 2.45) is 11.8 Å². The van der Waals surface area contributed by atoms with Crippen LogP contribution in [-0.4, -0.2) is 51.6 Å². The second-order valence-electron chi connectivity index (χ2n) is 5.90. The summed E-state index contributed by atoms with van der Waals surface area (Å²) in [7, 11) is 3.14. The highest BCUT2D eigenvalue weighted by Crippen LogP contribution is 2.13. The number of esters is 2. The van der Waals surface area contributed by atoms with Gasteiger partial charge < -0.3 is 18.9 Å². The molecule has 0 bridgehead atoms. The predicted octanol–water partition coefficient (Wildman–Crippen LogP) is 2.28. The Bertz CT molecular complexity index is 414. The molecule has 1 rings (SSSR count). The molecular weight excluding hydrogens is 312 g/mol. The first-order chi connectivity index (χ1) is 11.5. The predicted molar refractivity (Wildman–Crippen MR) is 89.4 cm³/mol. The van der Waals surface area contributed by atoms with Crippen molar-refractivity contribution in [1.82, 2.24) is 0 Å². The minimum Gasteiger partial charge on any atom is -0.463 e. The SMILES string of the molecule is CO[C@H]1COC(=O)C/C=C\[C@H](C)[C@@H](OC)COC(=O)C/C=C\[C@@H]1C. The van der Waals surface area contributed by atoms with Gasteiger partial charge in [-0.25, -0.2) is 0 Å². The van der Waals surface area contributed by atoms with E-state index < -0.39 is 0 Å². The zero-order valence-corrected chi connectivity index (χ0v) is 14.9. The van der Waals surface area contributed by atoms with E-state index in [1.807, 2.05) is 26.0 Å². The van der Waals surface area contributed by atoms with Gasteiger partial charge in [0.1, 0.15) is 13.2 Å². The number of carbonyl (C=O) groups excluding carboxylic acids is 2. The Balaban J connectivity index is 2.80. The van der Waals surface area contributed by atoms with Crippen LogP contribution in [0.3, 0.4) is 0 Å². The normalized spacial score (nSPS) is 33.3. The van der Waals surface area contributed by atoms with Crippen LogP contribution < -0.4 is 0 Å². The molecule has 0 radical (unpaired) electrons. The Labute approximate surface area is 143 Å². The monoisotopic (exact) mass is 340 g/mol. The van der Waals surface area contributed by atoms with Gasteiger partial charge in [0.2, 0.25) is 0 Å². The Hall–Kier alpha value is -1.66. The molecule has 6 nitrogen and oxygen atoms in total. The highest BCUT2D eigenvalue weighted by molar-refractivity contribution is 5.71. The summed E-state index contributed by atoms with van der Waals surface area (Å²) >= 11 is 0. The molecule has 0 aromatic carbocycles. The van der Waals surface area contributed by atoms with Crippen molar-refractivity contribution < 1.29 is 28.5 Å². The second kappa shape index (κ2) is 11.0. The van der Waals surface area contributed by atoms with E-state index in [1.54, 1.807) is 26.4 Å². The van der Waals surface area contributed by atoms with E-state index in [4.69, 9.17) is 18.9 Å². The van der Waals surface area contributed by atoms with Crippen LogP contribution in [0.1, 0.15) is 26.7 Å². The van der Waals surface area contributed by atoms with E-state index in [0.717, 1.165) is 0 Å². The molecule has 0 aromatic rings. The topological polar surface area (TPSA) is 71.1 Å². The number of rotatable bonds is 2. The fraction of sp³-hybridized carbons (Fsp3) is 0.667. The van der Waals surface area contributed by atoms with Gasteiger partial charge in [-0.1, -0.05) is 38.2 Å². The third-order valence-corrected chi connectivity index (χ3v) is 4.04. The van der Waals surface area contributed by atoms with E-state index in [9.17, 15) is 9.59 Å². The lowest BCUT2D eigenvalue weighted by atomic mass is 10.0. The van der Waals surface area contributed by atoms with Gasteiger partial charge in [-0.05, 0) is 0 Å². The van der Waals surface area contributed by atoms with Gasteiger partial charge in [0.05, 0.1) is 25.0 Å². The largest absolute Gasteiger partial charge is 0.463 e. The molecule has 6 heteroatoms. The molecule has 4 atom stereocenters. The van der Waals surface area contributed by atoms with Crippen LogP contribution >= 0.6 is 0 Å². The Morgan fingerprint density at radius 2 is 1.21 bits per heavy atom. The van der Waals surface area contributed by atoms with Crippen LogP contribution in [0.4, 0.5) is 0 Å². The fourth-order valence-electron chi connectivity index (χ4n) is 2.34. The highest BCUT2D eigenvalue weighted by atomic mass is 16.6. The van der Waals surface area contributed by atoms with Gasteiger partial charge in [-0.2, -0.15) is 0 Å². The summed E-state index contributed by atoms with van der Waals surface area (Å²) in [5, 5.41) is 0. The minimum atomic E-state index is -0.302. The molecule has 136 valence electrons. The highest BCUT2D eigenvalue weighted by Gasteiger charge is 2.19. The lowest BCUT2D eigenvalue weighted by Crippen LogP contribution is -2.27. The lowest BCUT2D eigenvalue weighted by molar-refractivity contribution is -0.147. The maximum absolute atomic E-state index is 11.8. The summed E-state index contributed by atoms with van der Waals surface area (Å²) < 4.78 is 21.2. The van der Waals surface area contributed by atoms with Gasteiger partial charge >= 0.3 is 11.9 Å². The van der Waals surface area contributed by atoms with Crippen LogP contribution in [0, 0.1) is 11.8 Å². The van der Waals surface area contributed by atoms with Gasteiger partial charge in [-0.3, -0.25) is 9.59 Å². The summed E-state index contributed by atoms with van der Waals surface area (Å²) in [4.78, 5) is 23.6. The van der Waals surface area contributed by atoms with Crippen molar-refractivity contribution in [2.75, 3.05) is 27.4 Å². The van der Waals surface area contributed by atoms with E-state index >= 15 is 0 Å². The van der Waals surface area contributed by atoms with Gasteiger partial charge in [0, 0.05) is 26.1 Å². The summed E-state index contributed by atoms with van der Waals surface area (Å²) in [5.41, 5.74) is 0. The molecule has 0 fully saturated rings. The van der Waals surface area contributed by atoms with Crippen LogP contribution in [0.2, 0.25) is 0 Å². The first-order valence-electron chi connectivity index (χ1n) is 8.18. The van der Waals surface area contributed by atoms with Crippen molar-refractivity contribution in [3.63, 3.8) is 0 Å². The molecule has 0 N–H and O–H groups in total. The van der Waals surface area contributed by atoms with Gasteiger partial charge in [0.15, 0.2) is 0 Å². The van der Waals surface area contributed by atoms with Crippen molar-refractivity contribution in [1.29, 1.82) is 0 Å². The Kier molecular flexibility index (Phi) is 9.34. The summed E-state index contributed by atoms with van der Waals surface area (Å²) in [6, 6.07) is 0. The molecule has 24 heavy (non-hydrogen) atoms. The molecule has 1 aliphatic rings. The molecule has 0 saturated carbocycles. The van der Waals surface area contributed by atoms with Crippen LogP contribution in [0.25, 0.3) is 0 Å². The fourth-order valence-corrected chi connectivity index (χ4v) is 2.34. The molecule has 1 aliphatic heterocycles. The first kappa shape index (κ1) is 20.4. The summed E-state index contributed by atoms with van der Waals surface area (Å²) in [6.07, 6.45) is 7.08. The average molecular weight is 340 g/mol. The number of cyclic esters (lactones) is 2. The third-order valence-electron chi connectivity index (χ3n) is 4.04. The number of methoxy groups -OCH3 is 2. The van der Waals surface area contributed by atoms with Crippen molar-refractivity contribution in [3.05, 3.63) is 24.3 Å². The molecule has 0 spiro atoms. The number of carbonyl (C=O) groups is 2. The molecule has 0 aliphatic carbocycles. The summed E-state index contributed by atoms with van der Waals surface area (Å²) in [6.45, 7) is 4.23. The number of ether oxygens (including phenoxy) is 4. The Morgan fingerprint density at radius 1 is 0.833 bits per heavy atom. The Morgan fingerprint density at radius 3 is 1.54 bits per heavy atom.